The highest BCUT2D eigenvalue weighted by Crippen LogP contribution is 2.24. The highest BCUT2D eigenvalue weighted by Gasteiger charge is 2.16. The van der Waals surface area contributed by atoms with Crippen molar-refractivity contribution in [3.05, 3.63) is 52.4 Å². The van der Waals surface area contributed by atoms with E-state index in [1.54, 1.807) is 23.6 Å². The van der Waals surface area contributed by atoms with Gasteiger partial charge >= 0.3 is 5.97 Å². The van der Waals surface area contributed by atoms with Gasteiger partial charge in [-0.3, -0.25) is 14.4 Å². The van der Waals surface area contributed by atoms with Crippen LogP contribution in [-0.2, 0) is 16.0 Å². The molecule has 0 aliphatic heterocycles. The van der Waals surface area contributed by atoms with Gasteiger partial charge in [-0.05, 0) is 35.6 Å². The first-order valence-electron chi connectivity index (χ1n) is 7.38. The van der Waals surface area contributed by atoms with Crippen molar-refractivity contribution >= 4 is 34.1 Å². The summed E-state index contributed by atoms with van der Waals surface area (Å²) in [6, 6.07) is 8.88. The third-order valence-corrected chi connectivity index (χ3v) is 4.21. The molecule has 0 saturated carbocycles. The molecule has 1 aromatic heterocycles. The molecule has 0 aliphatic carbocycles. The van der Waals surface area contributed by atoms with Crippen LogP contribution in [0.4, 0.5) is 5.00 Å². The lowest BCUT2D eigenvalue weighted by Gasteiger charge is -2.07. The molecule has 0 saturated heterocycles. The number of hydrogen-bond acceptors (Lipinski definition) is 5. The molecule has 1 aromatic carbocycles. The quantitative estimate of drug-likeness (QED) is 0.787. The number of esters is 1. The maximum absolute atomic E-state index is 12.3. The molecule has 0 atom stereocenters. The van der Waals surface area contributed by atoms with Gasteiger partial charge < -0.3 is 15.4 Å². The predicted molar refractivity (Wildman–Crippen MR) is 92.4 cm³/mol. The van der Waals surface area contributed by atoms with Gasteiger partial charge in [0.15, 0.2) is 0 Å². The number of ether oxygens (including phenoxy) is 1. The number of rotatable bonds is 6. The van der Waals surface area contributed by atoms with Gasteiger partial charge in [-0.15, -0.1) is 11.3 Å². The summed E-state index contributed by atoms with van der Waals surface area (Å²) in [4.78, 5) is 35.5. The molecule has 2 rings (SSSR count). The van der Waals surface area contributed by atoms with Gasteiger partial charge in [-0.1, -0.05) is 19.1 Å². The summed E-state index contributed by atoms with van der Waals surface area (Å²) >= 11 is 1.24. The smallest absolute Gasteiger partial charge is 0.325 e. The number of amides is 2. The average molecular weight is 346 g/mol. The van der Waals surface area contributed by atoms with Crippen LogP contribution in [0, 0.1) is 0 Å². The first kappa shape index (κ1) is 17.7. The molecule has 0 spiro atoms. The van der Waals surface area contributed by atoms with Crippen LogP contribution >= 0.6 is 11.3 Å². The first-order valence-corrected chi connectivity index (χ1v) is 8.26. The summed E-state index contributed by atoms with van der Waals surface area (Å²) in [5, 5.41) is 7.31. The molecular formula is C17H18N2O4S. The molecule has 2 aromatic rings. The summed E-state index contributed by atoms with van der Waals surface area (Å²) in [7, 11) is 1.24. The highest BCUT2D eigenvalue weighted by molar-refractivity contribution is 7.14. The Morgan fingerprint density at radius 3 is 2.42 bits per heavy atom. The van der Waals surface area contributed by atoms with E-state index in [1.807, 2.05) is 19.1 Å². The zero-order chi connectivity index (χ0) is 17.5. The first-order chi connectivity index (χ1) is 11.5. The summed E-state index contributed by atoms with van der Waals surface area (Å²) in [6.07, 6.45) is 0.900. The van der Waals surface area contributed by atoms with E-state index < -0.39 is 11.9 Å². The Balaban J connectivity index is 2.05. The van der Waals surface area contributed by atoms with Gasteiger partial charge in [0, 0.05) is 5.56 Å². The second-order valence-corrected chi connectivity index (χ2v) is 5.84. The van der Waals surface area contributed by atoms with Crippen molar-refractivity contribution in [1.82, 2.24) is 5.32 Å². The lowest BCUT2D eigenvalue weighted by Crippen LogP contribution is -2.30. The molecule has 0 radical (unpaired) electrons. The maximum Gasteiger partial charge on any atom is 0.325 e. The van der Waals surface area contributed by atoms with Gasteiger partial charge in [0.1, 0.15) is 11.5 Å². The molecule has 7 heteroatoms. The minimum Gasteiger partial charge on any atom is -0.468 e. The molecule has 0 aliphatic rings. The van der Waals surface area contributed by atoms with Gasteiger partial charge in [0.25, 0.3) is 11.8 Å². The molecule has 2 N–H and O–H groups in total. The van der Waals surface area contributed by atoms with Gasteiger partial charge in [0.05, 0.1) is 12.7 Å². The molecule has 0 unspecified atom stereocenters. The summed E-state index contributed by atoms with van der Waals surface area (Å²) < 4.78 is 4.47. The minimum atomic E-state index is -0.542. The molecular weight excluding hydrogens is 328 g/mol. The molecule has 0 fully saturated rings. The van der Waals surface area contributed by atoms with Crippen molar-refractivity contribution < 1.29 is 19.1 Å². The van der Waals surface area contributed by atoms with E-state index in [4.69, 9.17) is 0 Å². The Morgan fingerprint density at radius 1 is 1.08 bits per heavy atom. The Labute approximate surface area is 143 Å². The van der Waals surface area contributed by atoms with Crippen LogP contribution in [0.15, 0.2) is 35.7 Å². The van der Waals surface area contributed by atoms with E-state index >= 15 is 0 Å². The lowest BCUT2D eigenvalue weighted by atomic mass is 10.1. The number of nitrogens with one attached hydrogen (secondary N) is 2. The van der Waals surface area contributed by atoms with Crippen LogP contribution < -0.4 is 10.6 Å². The second-order valence-electron chi connectivity index (χ2n) is 4.93. The monoisotopic (exact) mass is 346 g/mol. The second kappa shape index (κ2) is 8.26. The fourth-order valence-electron chi connectivity index (χ4n) is 1.97. The molecule has 6 nitrogen and oxygen atoms in total. The number of methoxy groups -OCH3 is 1. The topological polar surface area (TPSA) is 84.5 Å². The summed E-state index contributed by atoms with van der Waals surface area (Å²) in [6.45, 7) is 1.82. The van der Waals surface area contributed by atoms with Crippen molar-refractivity contribution in [3.8, 4) is 0 Å². The van der Waals surface area contributed by atoms with E-state index in [0.29, 0.717) is 16.1 Å². The van der Waals surface area contributed by atoms with E-state index in [1.165, 1.54) is 18.4 Å². The molecule has 1 heterocycles. The number of carbonyl (C=O) groups is 3. The predicted octanol–water partition coefficient (Wildman–Crippen LogP) is 2.47. The van der Waals surface area contributed by atoms with Crippen LogP contribution in [0.5, 0.6) is 0 Å². The van der Waals surface area contributed by atoms with Crippen LogP contribution in [0.25, 0.3) is 0 Å². The Bertz CT molecular complexity index is 737. The van der Waals surface area contributed by atoms with E-state index in [9.17, 15) is 14.4 Å². The number of carbonyl (C=O) groups excluding carboxylic acids is 3. The maximum atomic E-state index is 12.3. The Hall–Kier alpha value is -2.67. The molecule has 24 heavy (non-hydrogen) atoms. The SMILES string of the molecule is CCc1ccc(C(=O)Nc2sccc2C(=O)NCC(=O)OC)cc1. The largest absolute Gasteiger partial charge is 0.468 e. The molecule has 2 amide bonds. The number of hydrogen-bond donors (Lipinski definition) is 2. The van der Waals surface area contributed by atoms with Gasteiger partial charge in [0.2, 0.25) is 0 Å². The fraction of sp³-hybridized carbons (Fsp3) is 0.235. The standard InChI is InChI=1S/C17H18N2O4S/c1-3-11-4-6-12(7-5-11)15(21)19-17-13(8-9-24-17)16(22)18-10-14(20)23-2/h4-9H,3,10H2,1-2H3,(H,18,22)(H,19,21). The number of anilines is 1. The number of thiophene rings is 1. The summed E-state index contributed by atoms with van der Waals surface area (Å²) in [5.74, 6) is -1.28. The average Bonchev–Trinajstić information content (AvgIpc) is 3.07. The van der Waals surface area contributed by atoms with Crippen molar-refractivity contribution in [3.63, 3.8) is 0 Å². The lowest BCUT2D eigenvalue weighted by molar-refractivity contribution is -0.139. The third kappa shape index (κ3) is 4.42. The summed E-state index contributed by atoms with van der Waals surface area (Å²) in [5.41, 5.74) is 1.97. The zero-order valence-corrected chi connectivity index (χ0v) is 14.2. The van der Waals surface area contributed by atoms with E-state index in [-0.39, 0.29) is 12.5 Å². The Kier molecular flexibility index (Phi) is 6.08. The van der Waals surface area contributed by atoms with Crippen LogP contribution in [-0.4, -0.2) is 31.4 Å². The third-order valence-electron chi connectivity index (χ3n) is 3.38. The highest BCUT2D eigenvalue weighted by atomic mass is 32.1. The van der Waals surface area contributed by atoms with Gasteiger partial charge in [-0.2, -0.15) is 0 Å². The number of aryl methyl sites for hydroxylation is 1. The fourth-order valence-corrected chi connectivity index (χ4v) is 2.75. The van der Waals surface area contributed by atoms with Crippen molar-refractivity contribution in [1.29, 1.82) is 0 Å². The van der Waals surface area contributed by atoms with Crippen LogP contribution in [0.1, 0.15) is 33.2 Å². The van der Waals surface area contributed by atoms with Crippen molar-refractivity contribution in [2.24, 2.45) is 0 Å². The molecule has 0 bridgehead atoms. The van der Waals surface area contributed by atoms with E-state index in [0.717, 1.165) is 12.0 Å². The van der Waals surface area contributed by atoms with Crippen molar-refractivity contribution in [2.45, 2.75) is 13.3 Å². The Morgan fingerprint density at radius 2 is 1.79 bits per heavy atom. The van der Waals surface area contributed by atoms with Crippen molar-refractivity contribution in [2.75, 3.05) is 19.0 Å². The minimum absolute atomic E-state index is 0.225. The van der Waals surface area contributed by atoms with Crippen LogP contribution in [0.2, 0.25) is 0 Å². The zero-order valence-electron chi connectivity index (χ0n) is 13.4. The number of benzene rings is 1. The van der Waals surface area contributed by atoms with E-state index in [2.05, 4.69) is 15.4 Å². The normalized spacial score (nSPS) is 10.1. The van der Waals surface area contributed by atoms with Crippen LogP contribution in [0.3, 0.4) is 0 Å². The molecule has 126 valence electrons. The van der Waals surface area contributed by atoms with Gasteiger partial charge in [-0.25, -0.2) is 0 Å².